The molecule has 1 aromatic rings. The van der Waals surface area contributed by atoms with Gasteiger partial charge in [0.05, 0.1) is 6.54 Å². The Morgan fingerprint density at radius 3 is 3.00 bits per heavy atom. The first kappa shape index (κ1) is 14.3. The van der Waals surface area contributed by atoms with Gasteiger partial charge < -0.3 is 4.90 Å². The van der Waals surface area contributed by atoms with Crippen LogP contribution in [0, 0.1) is 5.82 Å². The monoisotopic (exact) mass is 282 g/mol. The molecule has 1 N–H and O–H groups in total. The molecule has 0 saturated carbocycles. The smallest absolute Gasteiger partial charge is 0.238 e. The lowest BCUT2D eigenvalue weighted by Gasteiger charge is -2.32. The Morgan fingerprint density at radius 2 is 2.37 bits per heavy atom. The molecule has 1 aliphatic heterocycles. The van der Waals surface area contributed by atoms with E-state index in [-0.39, 0.29) is 23.9 Å². The topological polar surface area (TPSA) is 32.3 Å². The van der Waals surface area contributed by atoms with Crippen molar-refractivity contribution < 1.29 is 9.18 Å². The maximum atomic E-state index is 13.3. The molecule has 0 bridgehead atoms. The maximum Gasteiger partial charge on any atom is 0.238 e. The molecule has 2 atom stereocenters. The Kier molecular flexibility index (Phi) is 4.82. The van der Waals surface area contributed by atoms with Gasteiger partial charge in [0.2, 0.25) is 5.91 Å². The number of rotatable bonds is 5. The highest BCUT2D eigenvalue weighted by Gasteiger charge is 2.35. The van der Waals surface area contributed by atoms with Crippen LogP contribution in [0.5, 0.6) is 0 Å². The van der Waals surface area contributed by atoms with Crippen LogP contribution in [-0.4, -0.2) is 35.4 Å². The van der Waals surface area contributed by atoms with Crippen molar-refractivity contribution in [2.24, 2.45) is 0 Å². The zero-order valence-electron chi connectivity index (χ0n) is 11.2. The van der Waals surface area contributed by atoms with Gasteiger partial charge in [-0.1, -0.05) is 19.1 Å². The molecule has 1 saturated heterocycles. The molecular formula is C14H19FN2OS. The quantitative estimate of drug-likeness (QED) is 0.900. The molecule has 1 amide bonds. The highest BCUT2D eigenvalue weighted by atomic mass is 32.2. The van der Waals surface area contributed by atoms with E-state index in [9.17, 15) is 9.18 Å². The van der Waals surface area contributed by atoms with Crippen molar-refractivity contribution in [1.82, 2.24) is 10.2 Å². The minimum atomic E-state index is -0.267. The number of benzene rings is 1. The Morgan fingerprint density at radius 1 is 1.58 bits per heavy atom. The van der Waals surface area contributed by atoms with Gasteiger partial charge >= 0.3 is 0 Å². The molecule has 5 heteroatoms. The summed E-state index contributed by atoms with van der Waals surface area (Å²) in [7, 11) is 0. The fourth-order valence-corrected chi connectivity index (χ4v) is 3.26. The van der Waals surface area contributed by atoms with E-state index in [4.69, 9.17) is 0 Å². The lowest BCUT2D eigenvalue weighted by molar-refractivity contribution is -0.130. The van der Waals surface area contributed by atoms with Crippen molar-refractivity contribution in [3.63, 3.8) is 0 Å². The van der Waals surface area contributed by atoms with Gasteiger partial charge in [0.15, 0.2) is 0 Å². The number of halogens is 1. The maximum absolute atomic E-state index is 13.3. The van der Waals surface area contributed by atoms with E-state index < -0.39 is 0 Å². The minimum Gasteiger partial charge on any atom is -0.318 e. The van der Waals surface area contributed by atoms with Gasteiger partial charge in [0.1, 0.15) is 12.0 Å². The SMILES string of the molecule is CCC(CSC)N1C(=O)CNC1c1cccc(F)c1. The molecule has 1 aromatic carbocycles. The molecule has 3 nitrogen and oxygen atoms in total. The van der Waals surface area contributed by atoms with Crippen LogP contribution < -0.4 is 5.32 Å². The molecule has 0 aliphatic carbocycles. The van der Waals surface area contributed by atoms with Crippen molar-refractivity contribution in [2.45, 2.75) is 25.6 Å². The van der Waals surface area contributed by atoms with Crippen LogP contribution >= 0.6 is 11.8 Å². The van der Waals surface area contributed by atoms with Crippen LogP contribution in [0.25, 0.3) is 0 Å². The average molecular weight is 282 g/mol. The number of thioether (sulfide) groups is 1. The number of nitrogens with zero attached hydrogens (tertiary/aromatic N) is 1. The van der Waals surface area contributed by atoms with Gasteiger partial charge in [0.25, 0.3) is 0 Å². The molecular weight excluding hydrogens is 263 g/mol. The van der Waals surface area contributed by atoms with Gasteiger partial charge in [0, 0.05) is 11.8 Å². The normalized spacial score (nSPS) is 20.9. The summed E-state index contributed by atoms with van der Waals surface area (Å²) < 4.78 is 13.3. The van der Waals surface area contributed by atoms with Gasteiger partial charge in [-0.05, 0) is 30.4 Å². The standard InChI is InChI=1S/C14H19FN2OS/c1-3-12(9-19-2)17-13(18)8-16-14(17)10-5-4-6-11(15)7-10/h4-7,12,14,16H,3,8-9H2,1-2H3. The lowest BCUT2D eigenvalue weighted by atomic mass is 10.1. The first-order chi connectivity index (χ1) is 9.17. The molecule has 0 radical (unpaired) electrons. The van der Waals surface area contributed by atoms with E-state index in [1.807, 2.05) is 17.2 Å². The molecule has 0 aromatic heterocycles. The van der Waals surface area contributed by atoms with Crippen LogP contribution in [0.15, 0.2) is 24.3 Å². The Balaban J connectivity index is 2.26. The summed E-state index contributed by atoms with van der Waals surface area (Å²) in [5.74, 6) is 0.724. The van der Waals surface area contributed by atoms with Crippen molar-refractivity contribution in [3.8, 4) is 0 Å². The van der Waals surface area contributed by atoms with Crippen LogP contribution in [0.1, 0.15) is 25.1 Å². The predicted octanol–water partition coefficient (Wildman–Crippen LogP) is 2.40. The highest BCUT2D eigenvalue weighted by molar-refractivity contribution is 7.98. The number of carbonyl (C=O) groups excluding carboxylic acids is 1. The van der Waals surface area contributed by atoms with Crippen LogP contribution in [0.2, 0.25) is 0 Å². The molecule has 1 fully saturated rings. The lowest BCUT2D eigenvalue weighted by Crippen LogP contribution is -2.40. The summed E-state index contributed by atoms with van der Waals surface area (Å²) in [6.45, 7) is 2.40. The second-order valence-corrected chi connectivity index (χ2v) is 5.57. The summed E-state index contributed by atoms with van der Waals surface area (Å²) >= 11 is 1.73. The number of amides is 1. The first-order valence-electron chi connectivity index (χ1n) is 6.46. The second-order valence-electron chi connectivity index (χ2n) is 4.66. The summed E-state index contributed by atoms with van der Waals surface area (Å²) in [4.78, 5) is 13.9. The van der Waals surface area contributed by atoms with Crippen molar-refractivity contribution in [1.29, 1.82) is 0 Å². The van der Waals surface area contributed by atoms with Crippen molar-refractivity contribution >= 4 is 17.7 Å². The minimum absolute atomic E-state index is 0.0927. The zero-order chi connectivity index (χ0) is 13.8. The highest BCUT2D eigenvalue weighted by Crippen LogP contribution is 2.27. The van der Waals surface area contributed by atoms with E-state index in [1.54, 1.807) is 17.8 Å². The Bertz CT molecular complexity index is 455. The third kappa shape index (κ3) is 3.09. The third-order valence-electron chi connectivity index (χ3n) is 3.40. The van der Waals surface area contributed by atoms with Gasteiger partial charge in [-0.15, -0.1) is 0 Å². The summed E-state index contributed by atoms with van der Waals surface area (Å²) in [6, 6.07) is 6.64. The average Bonchev–Trinajstić information content (AvgIpc) is 2.78. The van der Waals surface area contributed by atoms with Crippen molar-refractivity contribution in [2.75, 3.05) is 18.6 Å². The van der Waals surface area contributed by atoms with Crippen LogP contribution in [-0.2, 0) is 4.79 Å². The largest absolute Gasteiger partial charge is 0.318 e. The predicted molar refractivity (Wildman–Crippen MR) is 76.5 cm³/mol. The molecule has 2 unspecified atom stereocenters. The van der Waals surface area contributed by atoms with E-state index >= 15 is 0 Å². The van der Waals surface area contributed by atoms with Gasteiger partial charge in [-0.2, -0.15) is 11.8 Å². The number of carbonyl (C=O) groups is 1. The summed E-state index contributed by atoms with van der Waals surface area (Å²) in [5.41, 5.74) is 0.811. The summed E-state index contributed by atoms with van der Waals surface area (Å²) in [5, 5.41) is 3.17. The third-order valence-corrected chi connectivity index (χ3v) is 4.12. The molecule has 2 rings (SSSR count). The number of hydrogen-bond acceptors (Lipinski definition) is 3. The summed E-state index contributed by atoms with van der Waals surface area (Å²) in [6.07, 6.45) is 2.73. The van der Waals surface area contributed by atoms with Crippen LogP contribution in [0.3, 0.4) is 0 Å². The first-order valence-corrected chi connectivity index (χ1v) is 7.85. The number of nitrogens with one attached hydrogen (secondary N) is 1. The molecule has 0 spiro atoms. The van der Waals surface area contributed by atoms with E-state index in [2.05, 4.69) is 12.2 Å². The zero-order valence-corrected chi connectivity index (χ0v) is 12.0. The van der Waals surface area contributed by atoms with E-state index in [0.29, 0.717) is 6.54 Å². The fraction of sp³-hybridized carbons (Fsp3) is 0.500. The molecule has 1 heterocycles. The van der Waals surface area contributed by atoms with E-state index in [0.717, 1.165) is 17.7 Å². The van der Waals surface area contributed by atoms with Gasteiger partial charge in [-0.3, -0.25) is 10.1 Å². The molecule has 104 valence electrons. The van der Waals surface area contributed by atoms with E-state index in [1.165, 1.54) is 12.1 Å². The van der Waals surface area contributed by atoms with Crippen molar-refractivity contribution in [3.05, 3.63) is 35.6 Å². The Hall–Kier alpha value is -1.07. The van der Waals surface area contributed by atoms with Crippen LogP contribution in [0.4, 0.5) is 4.39 Å². The number of hydrogen-bond donors (Lipinski definition) is 1. The molecule has 19 heavy (non-hydrogen) atoms. The molecule has 1 aliphatic rings. The van der Waals surface area contributed by atoms with Gasteiger partial charge in [-0.25, -0.2) is 4.39 Å². The Labute approximate surface area is 117 Å². The fourth-order valence-electron chi connectivity index (χ4n) is 2.47. The second kappa shape index (κ2) is 6.39.